The first-order valence-electron chi connectivity index (χ1n) is 6.24. The minimum Gasteiger partial charge on any atom is -0.493 e. The quantitative estimate of drug-likeness (QED) is 0.758. The minimum absolute atomic E-state index is 0.130. The van der Waals surface area contributed by atoms with Gasteiger partial charge in [-0.2, -0.15) is 0 Å². The van der Waals surface area contributed by atoms with Crippen molar-refractivity contribution in [1.29, 1.82) is 0 Å². The summed E-state index contributed by atoms with van der Waals surface area (Å²) in [6.07, 6.45) is 1.12. The zero-order chi connectivity index (χ0) is 15.3. The molecular weight excluding hydrogens is 280 g/mol. The van der Waals surface area contributed by atoms with Crippen molar-refractivity contribution in [3.63, 3.8) is 0 Å². The van der Waals surface area contributed by atoms with Gasteiger partial charge < -0.3 is 15.8 Å². The second-order valence-electron chi connectivity index (χ2n) is 4.62. The molecule has 0 bridgehead atoms. The predicted molar refractivity (Wildman–Crippen MR) is 78.7 cm³/mol. The Morgan fingerprint density at radius 2 is 2.10 bits per heavy atom. The summed E-state index contributed by atoms with van der Waals surface area (Å²) < 4.78 is 27.8. The van der Waals surface area contributed by atoms with Crippen LogP contribution in [0.15, 0.2) is 18.2 Å². The molecule has 1 unspecified atom stereocenters. The monoisotopic (exact) mass is 300 g/mol. The number of nitrogens with one attached hydrogen (secondary N) is 1. The average Bonchev–Trinajstić information content (AvgIpc) is 2.26. The molecule has 20 heavy (non-hydrogen) atoms. The largest absolute Gasteiger partial charge is 0.493 e. The maximum absolute atomic E-state index is 12.2. The molecule has 0 fully saturated rings. The lowest BCUT2D eigenvalue weighted by Crippen LogP contribution is -2.37. The molecule has 6 nitrogen and oxygen atoms in total. The van der Waals surface area contributed by atoms with Crippen LogP contribution >= 0.6 is 0 Å². The van der Waals surface area contributed by atoms with Crippen LogP contribution in [0.3, 0.4) is 0 Å². The van der Waals surface area contributed by atoms with Gasteiger partial charge in [0.15, 0.2) is 0 Å². The van der Waals surface area contributed by atoms with Gasteiger partial charge >= 0.3 is 0 Å². The Kier molecular flexibility index (Phi) is 5.38. The Morgan fingerprint density at radius 3 is 2.65 bits per heavy atom. The fourth-order valence-electron chi connectivity index (χ4n) is 1.86. The van der Waals surface area contributed by atoms with Crippen molar-refractivity contribution < 1.29 is 17.9 Å². The van der Waals surface area contributed by atoms with E-state index in [0.29, 0.717) is 18.0 Å². The molecule has 1 amide bonds. The third-order valence-corrected chi connectivity index (χ3v) is 3.62. The van der Waals surface area contributed by atoms with Crippen molar-refractivity contribution in [2.24, 2.45) is 0 Å². The highest BCUT2D eigenvalue weighted by Gasteiger charge is 2.19. The van der Waals surface area contributed by atoms with Crippen LogP contribution in [-0.2, 0) is 9.84 Å². The Hall–Kier alpha value is -1.76. The number of hydrogen-bond donors (Lipinski definition) is 2. The molecule has 1 aromatic rings. The Balaban J connectivity index is 2.92. The van der Waals surface area contributed by atoms with E-state index in [9.17, 15) is 13.2 Å². The highest BCUT2D eigenvalue weighted by atomic mass is 32.2. The summed E-state index contributed by atoms with van der Waals surface area (Å²) in [5, 5.41) is 2.61. The van der Waals surface area contributed by atoms with Gasteiger partial charge in [0.25, 0.3) is 5.91 Å². The molecule has 112 valence electrons. The van der Waals surface area contributed by atoms with Crippen molar-refractivity contribution in [2.75, 3.05) is 24.3 Å². The summed E-state index contributed by atoms with van der Waals surface area (Å²) in [6.45, 7) is 3.83. The van der Waals surface area contributed by atoms with Crippen molar-refractivity contribution in [3.8, 4) is 5.75 Å². The first-order chi connectivity index (χ1) is 9.24. The molecule has 0 aromatic heterocycles. The molecule has 1 aromatic carbocycles. The lowest BCUT2D eigenvalue weighted by molar-refractivity contribution is 0.0941. The number of amides is 1. The molecular formula is C13H20N2O4S. The van der Waals surface area contributed by atoms with Crippen molar-refractivity contribution in [1.82, 2.24) is 5.32 Å². The first-order valence-corrected chi connectivity index (χ1v) is 8.30. The summed E-state index contributed by atoms with van der Waals surface area (Å²) in [4.78, 5) is 12.2. The molecule has 0 aliphatic carbocycles. The molecule has 0 saturated heterocycles. The van der Waals surface area contributed by atoms with Crippen LogP contribution in [0.4, 0.5) is 5.69 Å². The molecule has 0 heterocycles. The molecule has 1 rings (SSSR count). The Labute approximate surface area is 119 Å². The second kappa shape index (κ2) is 6.60. The van der Waals surface area contributed by atoms with Gasteiger partial charge in [-0.25, -0.2) is 8.42 Å². The van der Waals surface area contributed by atoms with E-state index in [1.54, 1.807) is 32.0 Å². The van der Waals surface area contributed by atoms with Crippen molar-refractivity contribution in [3.05, 3.63) is 23.8 Å². The van der Waals surface area contributed by atoms with Crippen LogP contribution in [0.5, 0.6) is 5.75 Å². The third kappa shape index (κ3) is 4.73. The van der Waals surface area contributed by atoms with E-state index in [4.69, 9.17) is 10.5 Å². The number of nitrogen functional groups attached to an aromatic ring is 1. The van der Waals surface area contributed by atoms with Gasteiger partial charge in [0, 0.05) is 18.0 Å². The van der Waals surface area contributed by atoms with Crippen LogP contribution in [-0.4, -0.2) is 39.0 Å². The topological polar surface area (TPSA) is 98.5 Å². The van der Waals surface area contributed by atoms with Crippen molar-refractivity contribution in [2.45, 2.75) is 19.9 Å². The third-order valence-electron chi connectivity index (χ3n) is 2.52. The molecule has 1 atom stereocenters. The van der Waals surface area contributed by atoms with Gasteiger partial charge in [-0.15, -0.1) is 0 Å². The number of hydrogen-bond acceptors (Lipinski definition) is 5. The van der Waals surface area contributed by atoms with E-state index in [-0.39, 0.29) is 11.3 Å². The number of ether oxygens (including phenoxy) is 1. The zero-order valence-corrected chi connectivity index (χ0v) is 12.7. The molecule has 0 aliphatic rings. The van der Waals surface area contributed by atoms with E-state index in [1.807, 2.05) is 0 Å². The highest BCUT2D eigenvalue weighted by molar-refractivity contribution is 7.90. The van der Waals surface area contributed by atoms with Gasteiger partial charge in [-0.3, -0.25) is 4.79 Å². The number of sulfone groups is 1. The van der Waals surface area contributed by atoms with Gasteiger partial charge in [0.05, 0.1) is 12.4 Å². The zero-order valence-electron chi connectivity index (χ0n) is 11.8. The van der Waals surface area contributed by atoms with Crippen LogP contribution in [0.25, 0.3) is 0 Å². The average molecular weight is 300 g/mol. The summed E-state index contributed by atoms with van der Waals surface area (Å²) in [6, 6.07) is 4.43. The molecule has 0 aliphatic heterocycles. The standard InChI is InChI=1S/C13H20N2O4S/c1-4-19-11-7-5-6-10(14)12(11)13(16)15-9(2)8-20(3,17)18/h5-7,9H,4,8,14H2,1-3H3,(H,15,16). The minimum atomic E-state index is -3.16. The van der Waals surface area contributed by atoms with Crippen molar-refractivity contribution >= 4 is 21.4 Å². The number of benzene rings is 1. The summed E-state index contributed by atoms with van der Waals surface area (Å²) in [7, 11) is -3.16. The van der Waals surface area contributed by atoms with Crippen LogP contribution in [0.1, 0.15) is 24.2 Å². The maximum Gasteiger partial charge on any atom is 0.257 e. The number of rotatable bonds is 6. The number of carbonyl (C=O) groups excluding carboxylic acids is 1. The number of carbonyl (C=O) groups is 1. The number of anilines is 1. The summed E-state index contributed by atoms with van der Waals surface area (Å²) >= 11 is 0. The van der Waals surface area contributed by atoms with E-state index < -0.39 is 21.8 Å². The fourth-order valence-corrected chi connectivity index (χ4v) is 2.85. The first kappa shape index (κ1) is 16.3. The van der Waals surface area contributed by atoms with Gasteiger partial charge in [-0.1, -0.05) is 6.07 Å². The lowest BCUT2D eigenvalue weighted by atomic mass is 10.1. The number of nitrogens with two attached hydrogens (primary N) is 1. The highest BCUT2D eigenvalue weighted by Crippen LogP contribution is 2.24. The Bertz CT molecular complexity index is 584. The molecule has 0 spiro atoms. The van der Waals surface area contributed by atoms with Gasteiger partial charge in [-0.05, 0) is 26.0 Å². The SMILES string of the molecule is CCOc1cccc(N)c1C(=O)NC(C)CS(C)(=O)=O. The predicted octanol–water partition coefficient (Wildman–Crippen LogP) is 0.830. The lowest BCUT2D eigenvalue weighted by Gasteiger charge is -2.16. The van der Waals surface area contributed by atoms with E-state index >= 15 is 0 Å². The maximum atomic E-state index is 12.2. The van der Waals surface area contributed by atoms with Crippen LogP contribution in [0.2, 0.25) is 0 Å². The van der Waals surface area contributed by atoms with E-state index in [1.165, 1.54) is 0 Å². The van der Waals surface area contributed by atoms with E-state index in [0.717, 1.165) is 6.26 Å². The molecule has 3 N–H and O–H groups in total. The smallest absolute Gasteiger partial charge is 0.257 e. The summed E-state index contributed by atoms with van der Waals surface area (Å²) in [5.74, 6) is -0.186. The fraction of sp³-hybridized carbons (Fsp3) is 0.462. The molecule has 0 saturated carbocycles. The molecule has 0 radical (unpaired) electrons. The summed E-state index contributed by atoms with van der Waals surface area (Å²) in [5.41, 5.74) is 6.32. The van der Waals surface area contributed by atoms with E-state index in [2.05, 4.69) is 5.32 Å². The second-order valence-corrected chi connectivity index (χ2v) is 6.81. The van der Waals surface area contributed by atoms with Crippen LogP contribution < -0.4 is 15.8 Å². The normalized spacial score (nSPS) is 12.8. The molecule has 7 heteroatoms. The van der Waals surface area contributed by atoms with Gasteiger partial charge in [0.1, 0.15) is 21.2 Å². The van der Waals surface area contributed by atoms with Gasteiger partial charge in [0.2, 0.25) is 0 Å². The van der Waals surface area contributed by atoms with Crippen LogP contribution in [0, 0.1) is 0 Å². The Morgan fingerprint density at radius 1 is 1.45 bits per heavy atom.